The number of nitrogens with zero attached hydrogens (tertiary/aromatic N) is 3. The van der Waals surface area contributed by atoms with E-state index in [1.807, 2.05) is 12.1 Å². The third-order valence-electron chi connectivity index (χ3n) is 2.40. The van der Waals surface area contributed by atoms with Crippen molar-refractivity contribution in [2.75, 3.05) is 0 Å². The summed E-state index contributed by atoms with van der Waals surface area (Å²) < 4.78 is 5.17. The zero-order valence-corrected chi connectivity index (χ0v) is 10.00. The van der Waals surface area contributed by atoms with Gasteiger partial charge in [0, 0.05) is 18.0 Å². The van der Waals surface area contributed by atoms with Gasteiger partial charge in [-0.3, -0.25) is 4.98 Å². The summed E-state index contributed by atoms with van der Waals surface area (Å²) in [6.45, 7) is 4.22. The number of hydrogen-bond donors (Lipinski definition) is 1. The van der Waals surface area contributed by atoms with Crippen LogP contribution in [0.4, 0.5) is 0 Å². The van der Waals surface area contributed by atoms with Crippen molar-refractivity contribution in [3.05, 3.63) is 30.4 Å². The predicted molar refractivity (Wildman–Crippen MR) is 63.9 cm³/mol. The summed E-state index contributed by atoms with van der Waals surface area (Å²) in [5.41, 5.74) is 6.81. The smallest absolute Gasteiger partial charge is 0.243 e. The van der Waals surface area contributed by atoms with Crippen LogP contribution in [0.15, 0.2) is 29.0 Å². The van der Waals surface area contributed by atoms with Crippen molar-refractivity contribution in [3.63, 3.8) is 0 Å². The largest absolute Gasteiger partial charge is 0.337 e. The third-order valence-corrected chi connectivity index (χ3v) is 2.40. The Kier molecular flexibility index (Phi) is 3.49. The molecule has 0 saturated carbocycles. The molecule has 5 heteroatoms. The van der Waals surface area contributed by atoms with Crippen LogP contribution in [0.1, 0.15) is 32.2 Å². The number of rotatable bonds is 4. The van der Waals surface area contributed by atoms with E-state index in [2.05, 4.69) is 29.0 Å². The van der Waals surface area contributed by atoms with Crippen LogP contribution in [-0.4, -0.2) is 15.1 Å². The van der Waals surface area contributed by atoms with Gasteiger partial charge in [-0.2, -0.15) is 4.98 Å². The molecular weight excluding hydrogens is 216 g/mol. The average molecular weight is 232 g/mol. The second-order valence-electron chi connectivity index (χ2n) is 4.43. The molecule has 0 aromatic carbocycles. The molecule has 2 heterocycles. The molecule has 0 spiro atoms. The fourth-order valence-electron chi connectivity index (χ4n) is 1.61. The van der Waals surface area contributed by atoms with Crippen LogP contribution in [0, 0.1) is 5.92 Å². The van der Waals surface area contributed by atoms with Gasteiger partial charge in [-0.1, -0.05) is 19.0 Å². The van der Waals surface area contributed by atoms with Crippen LogP contribution in [-0.2, 0) is 0 Å². The van der Waals surface area contributed by atoms with Crippen LogP contribution in [0.3, 0.4) is 0 Å². The van der Waals surface area contributed by atoms with E-state index in [0.29, 0.717) is 17.6 Å². The molecule has 0 bridgehead atoms. The normalized spacial score (nSPS) is 12.9. The lowest BCUT2D eigenvalue weighted by atomic mass is 10.0. The lowest BCUT2D eigenvalue weighted by Gasteiger charge is -2.08. The van der Waals surface area contributed by atoms with E-state index in [9.17, 15) is 0 Å². The highest BCUT2D eigenvalue weighted by molar-refractivity contribution is 5.51. The van der Waals surface area contributed by atoms with Gasteiger partial charge in [-0.25, -0.2) is 0 Å². The van der Waals surface area contributed by atoms with Crippen molar-refractivity contribution in [3.8, 4) is 11.4 Å². The summed E-state index contributed by atoms with van der Waals surface area (Å²) in [7, 11) is 0. The highest BCUT2D eigenvalue weighted by atomic mass is 16.5. The van der Waals surface area contributed by atoms with E-state index < -0.39 is 0 Å². The van der Waals surface area contributed by atoms with Crippen LogP contribution < -0.4 is 5.73 Å². The molecule has 2 aromatic rings. The Morgan fingerprint density at radius 1 is 1.41 bits per heavy atom. The van der Waals surface area contributed by atoms with Crippen molar-refractivity contribution in [2.24, 2.45) is 11.7 Å². The molecule has 0 amide bonds. The quantitative estimate of drug-likeness (QED) is 0.874. The molecule has 0 fully saturated rings. The molecule has 1 atom stereocenters. The Labute approximate surface area is 100 Å². The minimum Gasteiger partial charge on any atom is -0.337 e. The second kappa shape index (κ2) is 5.05. The molecule has 90 valence electrons. The highest BCUT2D eigenvalue weighted by Crippen LogP contribution is 2.20. The molecule has 0 aliphatic carbocycles. The Hall–Kier alpha value is -1.75. The zero-order chi connectivity index (χ0) is 12.3. The molecule has 0 unspecified atom stereocenters. The number of nitrogens with two attached hydrogens (primary N) is 1. The maximum absolute atomic E-state index is 5.98. The van der Waals surface area contributed by atoms with Crippen LogP contribution in [0.5, 0.6) is 0 Å². The Morgan fingerprint density at radius 2 is 2.24 bits per heavy atom. The topological polar surface area (TPSA) is 77.8 Å². The zero-order valence-electron chi connectivity index (χ0n) is 10.00. The van der Waals surface area contributed by atoms with Crippen LogP contribution in [0.25, 0.3) is 11.4 Å². The van der Waals surface area contributed by atoms with E-state index in [1.54, 1.807) is 12.4 Å². The maximum atomic E-state index is 5.98. The summed E-state index contributed by atoms with van der Waals surface area (Å²) in [4.78, 5) is 8.30. The predicted octanol–water partition coefficient (Wildman–Crippen LogP) is 2.18. The van der Waals surface area contributed by atoms with Crippen LogP contribution >= 0.6 is 0 Å². The van der Waals surface area contributed by atoms with E-state index in [-0.39, 0.29) is 6.04 Å². The van der Waals surface area contributed by atoms with Gasteiger partial charge < -0.3 is 10.3 Å². The first-order chi connectivity index (χ1) is 8.16. The molecule has 2 N–H and O–H groups in total. The van der Waals surface area contributed by atoms with Gasteiger partial charge in [0.1, 0.15) is 0 Å². The lowest BCUT2D eigenvalue weighted by molar-refractivity contribution is 0.335. The number of pyridine rings is 1. The first-order valence-corrected chi connectivity index (χ1v) is 5.66. The van der Waals surface area contributed by atoms with Crippen molar-refractivity contribution in [1.82, 2.24) is 15.1 Å². The average Bonchev–Trinajstić information content (AvgIpc) is 2.78. The molecule has 2 rings (SSSR count). The lowest BCUT2D eigenvalue weighted by Crippen LogP contribution is -2.13. The van der Waals surface area contributed by atoms with Crippen LogP contribution in [0.2, 0.25) is 0 Å². The molecule has 5 nitrogen and oxygen atoms in total. The Morgan fingerprint density at radius 3 is 2.88 bits per heavy atom. The van der Waals surface area contributed by atoms with Crippen molar-refractivity contribution >= 4 is 0 Å². The molecule has 0 saturated heterocycles. The van der Waals surface area contributed by atoms with Gasteiger partial charge in [0.05, 0.1) is 6.04 Å². The van der Waals surface area contributed by atoms with Gasteiger partial charge in [-0.05, 0) is 24.5 Å². The minimum absolute atomic E-state index is 0.201. The van der Waals surface area contributed by atoms with Gasteiger partial charge in [0.2, 0.25) is 11.7 Å². The molecule has 2 aromatic heterocycles. The first kappa shape index (κ1) is 11.7. The summed E-state index contributed by atoms with van der Waals surface area (Å²) in [6.07, 6.45) is 4.23. The van der Waals surface area contributed by atoms with Gasteiger partial charge >= 0.3 is 0 Å². The van der Waals surface area contributed by atoms with Crippen molar-refractivity contribution < 1.29 is 4.52 Å². The van der Waals surface area contributed by atoms with E-state index in [1.165, 1.54) is 0 Å². The summed E-state index contributed by atoms with van der Waals surface area (Å²) in [5.74, 6) is 1.52. The third kappa shape index (κ3) is 2.88. The highest BCUT2D eigenvalue weighted by Gasteiger charge is 2.16. The SMILES string of the molecule is CC(C)C[C@H](N)c1nc(-c2cccnc2)no1. The summed E-state index contributed by atoms with van der Waals surface area (Å²) in [5, 5.41) is 3.91. The fourth-order valence-corrected chi connectivity index (χ4v) is 1.61. The molecule has 0 aliphatic rings. The Bertz CT molecular complexity index is 466. The van der Waals surface area contributed by atoms with Crippen molar-refractivity contribution in [2.45, 2.75) is 26.3 Å². The molecular formula is C12H16N4O. The summed E-state index contributed by atoms with van der Waals surface area (Å²) >= 11 is 0. The second-order valence-corrected chi connectivity index (χ2v) is 4.43. The monoisotopic (exact) mass is 232 g/mol. The van der Waals surface area contributed by atoms with Gasteiger partial charge in [-0.15, -0.1) is 0 Å². The summed E-state index contributed by atoms with van der Waals surface area (Å²) in [6, 6.07) is 3.52. The maximum Gasteiger partial charge on any atom is 0.243 e. The van der Waals surface area contributed by atoms with Gasteiger partial charge in [0.25, 0.3) is 0 Å². The fraction of sp³-hybridized carbons (Fsp3) is 0.417. The van der Waals surface area contributed by atoms with E-state index in [0.717, 1.165) is 12.0 Å². The number of hydrogen-bond acceptors (Lipinski definition) is 5. The molecule has 17 heavy (non-hydrogen) atoms. The minimum atomic E-state index is -0.201. The first-order valence-electron chi connectivity index (χ1n) is 5.66. The Balaban J connectivity index is 2.16. The van der Waals surface area contributed by atoms with Gasteiger partial charge in [0.15, 0.2) is 0 Å². The van der Waals surface area contributed by atoms with E-state index >= 15 is 0 Å². The molecule has 0 aliphatic heterocycles. The number of aromatic nitrogens is 3. The van der Waals surface area contributed by atoms with E-state index in [4.69, 9.17) is 10.3 Å². The standard InChI is InChI=1S/C12H16N4O/c1-8(2)6-10(13)12-15-11(16-17-12)9-4-3-5-14-7-9/h3-5,7-8,10H,6,13H2,1-2H3/t10-/m0/s1. The van der Waals surface area contributed by atoms with Crippen molar-refractivity contribution in [1.29, 1.82) is 0 Å². The molecule has 0 radical (unpaired) electrons.